The Labute approximate surface area is 75.3 Å². The third-order valence-corrected chi connectivity index (χ3v) is 2.76. The van der Waals surface area contributed by atoms with Crippen LogP contribution < -0.4 is 0 Å². The summed E-state index contributed by atoms with van der Waals surface area (Å²) in [6, 6.07) is 0. The maximum Gasteiger partial charge on any atom is 0.131 e. The van der Waals surface area contributed by atoms with Gasteiger partial charge in [-0.25, -0.2) is 4.98 Å². The molecule has 0 saturated carbocycles. The minimum Gasteiger partial charge on any atom is -0.378 e. The molecule has 66 valence electrons. The number of rotatable bonds is 3. The molecule has 2 heterocycles. The summed E-state index contributed by atoms with van der Waals surface area (Å²) in [6.07, 6.45) is 0. The Kier molecular flexibility index (Phi) is 1.90. The summed E-state index contributed by atoms with van der Waals surface area (Å²) < 4.78 is 10.3. The summed E-state index contributed by atoms with van der Waals surface area (Å²) in [5, 5.41) is 3.06. The van der Waals surface area contributed by atoms with E-state index in [1.54, 1.807) is 18.4 Å². The summed E-state index contributed by atoms with van der Waals surface area (Å²) in [5.41, 5.74) is 0.946. The molecule has 2 rings (SSSR count). The van der Waals surface area contributed by atoms with Crippen LogP contribution in [0.4, 0.5) is 0 Å². The highest BCUT2D eigenvalue weighted by Gasteiger charge is 2.43. The van der Waals surface area contributed by atoms with E-state index in [0.717, 1.165) is 17.3 Å². The fourth-order valence-corrected chi connectivity index (χ4v) is 1.89. The van der Waals surface area contributed by atoms with Gasteiger partial charge in [-0.05, 0) is 6.92 Å². The normalized spacial score (nSPS) is 27.5. The van der Waals surface area contributed by atoms with E-state index < -0.39 is 0 Å². The van der Waals surface area contributed by atoms with Gasteiger partial charge in [-0.1, -0.05) is 0 Å². The number of thiazole rings is 1. The predicted molar refractivity (Wildman–Crippen MR) is 46.1 cm³/mol. The molecule has 1 unspecified atom stereocenters. The van der Waals surface area contributed by atoms with Gasteiger partial charge in [0.2, 0.25) is 0 Å². The fraction of sp³-hybridized carbons (Fsp3) is 0.625. The van der Waals surface area contributed by atoms with E-state index in [9.17, 15) is 0 Å². The molecule has 1 fully saturated rings. The van der Waals surface area contributed by atoms with E-state index in [1.807, 2.05) is 5.38 Å². The van der Waals surface area contributed by atoms with Gasteiger partial charge >= 0.3 is 0 Å². The molecular formula is C8H11NO2S. The van der Waals surface area contributed by atoms with Gasteiger partial charge in [-0.2, -0.15) is 0 Å². The van der Waals surface area contributed by atoms with Crippen molar-refractivity contribution in [2.45, 2.75) is 19.1 Å². The maximum atomic E-state index is 5.28. The zero-order chi connectivity index (χ0) is 8.60. The lowest BCUT2D eigenvalue weighted by atomic mass is 10.1. The first-order chi connectivity index (χ1) is 5.74. The number of hydrogen-bond donors (Lipinski definition) is 0. The zero-order valence-electron chi connectivity index (χ0n) is 7.16. The molecule has 0 N–H and O–H groups in total. The van der Waals surface area contributed by atoms with E-state index in [-0.39, 0.29) is 5.60 Å². The molecule has 0 spiro atoms. The molecule has 1 saturated heterocycles. The molecule has 0 bridgehead atoms. The van der Waals surface area contributed by atoms with Crippen LogP contribution in [0.1, 0.15) is 17.6 Å². The number of methoxy groups -OCH3 is 1. The summed E-state index contributed by atoms with van der Waals surface area (Å²) in [4.78, 5) is 4.40. The van der Waals surface area contributed by atoms with Crippen LogP contribution in [0, 0.1) is 0 Å². The van der Waals surface area contributed by atoms with Crippen molar-refractivity contribution in [3.8, 4) is 0 Å². The largest absolute Gasteiger partial charge is 0.378 e. The van der Waals surface area contributed by atoms with Gasteiger partial charge in [0.05, 0.1) is 18.9 Å². The lowest BCUT2D eigenvalue weighted by Gasteiger charge is -1.97. The summed E-state index contributed by atoms with van der Waals surface area (Å²) in [7, 11) is 1.68. The molecule has 4 heteroatoms. The number of nitrogens with zero attached hydrogens (tertiary/aromatic N) is 1. The standard InChI is InChI=1S/C8H11NO2S/c1-8(5-11-8)6-4-12-7(9-6)3-10-2/h4H,3,5H2,1-2H3. The molecule has 12 heavy (non-hydrogen) atoms. The molecule has 1 atom stereocenters. The second-order valence-corrected chi connectivity index (χ2v) is 4.02. The third-order valence-electron chi connectivity index (χ3n) is 1.94. The van der Waals surface area contributed by atoms with Crippen molar-refractivity contribution >= 4 is 11.3 Å². The summed E-state index contributed by atoms with van der Waals surface area (Å²) in [6.45, 7) is 3.45. The van der Waals surface area contributed by atoms with Crippen LogP contribution in [0.2, 0.25) is 0 Å². The Balaban J connectivity index is 2.13. The number of hydrogen-bond acceptors (Lipinski definition) is 4. The van der Waals surface area contributed by atoms with Gasteiger partial charge in [-0.3, -0.25) is 0 Å². The topological polar surface area (TPSA) is 34.6 Å². The second kappa shape index (κ2) is 2.80. The molecule has 3 nitrogen and oxygen atoms in total. The molecule has 1 aromatic heterocycles. The first-order valence-corrected chi connectivity index (χ1v) is 4.70. The van der Waals surface area contributed by atoms with Crippen LogP contribution in [0.5, 0.6) is 0 Å². The Morgan fingerprint density at radius 3 is 3.17 bits per heavy atom. The van der Waals surface area contributed by atoms with Crippen LogP contribution in [0.3, 0.4) is 0 Å². The Bertz CT molecular complexity index is 280. The van der Waals surface area contributed by atoms with Gasteiger partial charge in [0.25, 0.3) is 0 Å². The Hall–Kier alpha value is -0.450. The quantitative estimate of drug-likeness (QED) is 0.670. The first-order valence-electron chi connectivity index (χ1n) is 3.82. The van der Waals surface area contributed by atoms with Gasteiger partial charge in [-0.15, -0.1) is 11.3 Å². The van der Waals surface area contributed by atoms with Crippen molar-refractivity contribution in [2.75, 3.05) is 13.7 Å². The lowest BCUT2D eigenvalue weighted by molar-refractivity contribution is 0.184. The Morgan fingerprint density at radius 1 is 1.83 bits per heavy atom. The molecule has 0 amide bonds. The number of ether oxygens (including phenoxy) is 2. The highest BCUT2D eigenvalue weighted by atomic mass is 32.1. The molecular weight excluding hydrogens is 174 g/mol. The van der Waals surface area contributed by atoms with Gasteiger partial charge in [0.1, 0.15) is 10.6 Å². The van der Waals surface area contributed by atoms with Crippen LogP contribution >= 0.6 is 11.3 Å². The molecule has 1 aliphatic heterocycles. The van der Waals surface area contributed by atoms with Crippen molar-refractivity contribution in [3.05, 3.63) is 16.1 Å². The van der Waals surface area contributed by atoms with Crippen molar-refractivity contribution < 1.29 is 9.47 Å². The third kappa shape index (κ3) is 1.37. The Morgan fingerprint density at radius 2 is 2.58 bits per heavy atom. The molecule has 1 aliphatic rings. The summed E-state index contributed by atoms with van der Waals surface area (Å²) >= 11 is 1.62. The fourth-order valence-electron chi connectivity index (χ4n) is 1.000. The maximum absolute atomic E-state index is 5.28. The minimum absolute atomic E-state index is 0.0948. The highest BCUT2D eigenvalue weighted by Crippen LogP contribution is 2.38. The van der Waals surface area contributed by atoms with Crippen molar-refractivity contribution in [3.63, 3.8) is 0 Å². The van der Waals surface area contributed by atoms with Gasteiger partial charge < -0.3 is 9.47 Å². The van der Waals surface area contributed by atoms with Crippen molar-refractivity contribution in [1.29, 1.82) is 0 Å². The number of epoxide rings is 1. The zero-order valence-corrected chi connectivity index (χ0v) is 7.98. The molecule has 0 aromatic carbocycles. The van der Waals surface area contributed by atoms with E-state index in [4.69, 9.17) is 9.47 Å². The van der Waals surface area contributed by atoms with Crippen LogP contribution in [0.25, 0.3) is 0 Å². The van der Waals surface area contributed by atoms with E-state index in [0.29, 0.717) is 6.61 Å². The first kappa shape index (κ1) is 8.16. The van der Waals surface area contributed by atoms with Crippen molar-refractivity contribution in [2.24, 2.45) is 0 Å². The highest BCUT2D eigenvalue weighted by molar-refractivity contribution is 7.09. The van der Waals surface area contributed by atoms with Gasteiger partial charge in [0.15, 0.2) is 0 Å². The molecule has 0 radical (unpaired) electrons. The van der Waals surface area contributed by atoms with E-state index >= 15 is 0 Å². The van der Waals surface area contributed by atoms with Gasteiger partial charge in [0, 0.05) is 12.5 Å². The lowest BCUT2D eigenvalue weighted by Crippen LogP contribution is -2.02. The van der Waals surface area contributed by atoms with Crippen LogP contribution in [0.15, 0.2) is 5.38 Å². The monoisotopic (exact) mass is 185 g/mol. The van der Waals surface area contributed by atoms with Crippen LogP contribution in [-0.4, -0.2) is 18.7 Å². The summed E-state index contributed by atoms with van der Waals surface area (Å²) in [5.74, 6) is 0. The average Bonchev–Trinajstić information content (AvgIpc) is 2.64. The predicted octanol–water partition coefficient (Wildman–Crippen LogP) is 1.53. The van der Waals surface area contributed by atoms with E-state index in [1.165, 1.54) is 0 Å². The SMILES string of the molecule is COCc1nc(C2(C)CO2)cs1. The molecule has 0 aliphatic carbocycles. The van der Waals surface area contributed by atoms with E-state index in [2.05, 4.69) is 11.9 Å². The number of aromatic nitrogens is 1. The molecule has 1 aromatic rings. The average molecular weight is 185 g/mol. The van der Waals surface area contributed by atoms with Crippen molar-refractivity contribution in [1.82, 2.24) is 4.98 Å². The van der Waals surface area contributed by atoms with Crippen LogP contribution in [-0.2, 0) is 21.7 Å². The smallest absolute Gasteiger partial charge is 0.131 e. The minimum atomic E-state index is -0.0948. The second-order valence-electron chi connectivity index (χ2n) is 3.08.